The first-order valence-corrected chi connectivity index (χ1v) is 7.06. The van der Waals surface area contributed by atoms with Gasteiger partial charge in [-0.3, -0.25) is 9.59 Å². The lowest BCUT2D eigenvalue weighted by atomic mass is 9.72. The van der Waals surface area contributed by atoms with E-state index in [1.165, 1.54) is 6.92 Å². The Hall–Kier alpha value is -1.46. The number of benzene rings is 1. The van der Waals surface area contributed by atoms with Gasteiger partial charge in [-0.2, -0.15) is 0 Å². The number of hydrogen-bond donors (Lipinski definition) is 0. The van der Waals surface area contributed by atoms with E-state index in [4.69, 9.17) is 9.31 Å². The lowest BCUT2D eigenvalue weighted by Crippen LogP contribution is -2.41. The largest absolute Gasteiger partial charge is 0.495 e. The molecule has 1 aromatic carbocycles. The maximum Gasteiger partial charge on any atom is 0.495 e. The maximum absolute atomic E-state index is 11.7. The molecule has 0 spiro atoms. The molecular formula is C16H21BO4. The maximum atomic E-state index is 11.7. The van der Waals surface area contributed by atoms with Crippen LogP contribution < -0.4 is 5.46 Å². The highest BCUT2D eigenvalue weighted by Gasteiger charge is 2.52. The van der Waals surface area contributed by atoms with Gasteiger partial charge in [-0.15, -0.1) is 0 Å². The van der Waals surface area contributed by atoms with E-state index in [0.29, 0.717) is 16.6 Å². The van der Waals surface area contributed by atoms with Crippen molar-refractivity contribution < 1.29 is 18.9 Å². The molecule has 21 heavy (non-hydrogen) atoms. The summed E-state index contributed by atoms with van der Waals surface area (Å²) in [5.74, 6) is -0.0392. The number of ketones is 1. The third kappa shape index (κ3) is 2.56. The minimum atomic E-state index is -0.644. The fourth-order valence-electron chi connectivity index (χ4n) is 2.51. The average molecular weight is 288 g/mol. The first-order chi connectivity index (χ1) is 9.60. The highest BCUT2D eigenvalue weighted by Crippen LogP contribution is 2.37. The minimum absolute atomic E-state index is 0.0392. The zero-order chi connectivity index (χ0) is 16.0. The molecule has 5 heteroatoms. The van der Waals surface area contributed by atoms with Crippen LogP contribution in [0.1, 0.15) is 60.9 Å². The fraction of sp³-hybridized carbons (Fsp3) is 0.500. The quantitative estimate of drug-likeness (QED) is 0.486. The van der Waals surface area contributed by atoms with Gasteiger partial charge in [0, 0.05) is 11.1 Å². The van der Waals surface area contributed by atoms with Crippen molar-refractivity contribution in [1.29, 1.82) is 0 Å². The molecular weight excluding hydrogens is 267 g/mol. The number of carbonyl (C=O) groups excluding carboxylic acids is 2. The number of rotatable bonds is 3. The second-order valence-corrected chi connectivity index (χ2v) is 6.50. The summed E-state index contributed by atoms with van der Waals surface area (Å²) < 4.78 is 12.0. The second kappa shape index (κ2) is 5.07. The summed E-state index contributed by atoms with van der Waals surface area (Å²) in [7, 11) is -0.644. The lowest BCUT2D eigenvalue weighted by molar-refractivity contribution is 0.00578. The molecule has 112 valence electrons. The number of hydrogen-bond acceptors (Lipinski definition) is 4. The van der Waals surface area contributed by atoms with Crippen LogP contribution in [0.4, 0.5) is 0 Å². The molecule has 0 saturated carbocycles. The summed E-state index contributed by atoms with van der Waals surface area (Å²) in [6, 6.07) is 3.33. The molecule has 0 radical (unpaired) electrons. The van der Waals surface area contributed by atoms with E-state index < -0.39 is 18.3 Å². The number of carbonyl (C=O) groups is 2. The van der Waals surface area contributed by atoms with Crippen LogP contribution >= 0.6 is 0 Å². The van der Waals surface area contributed by atoms with Crippen molar-refractivity contribution in [3.05, 3.63) is 28.8 Å². The monoisotopic (exact) mass is 288 g/mol. The first-order valence-electron chi connectivity index (χ1n) is 7.06. The van der Waals surface area contributed by atoms with E-state index in [9.17, 15) is 9.59 Å². The van der Waals surface area contributed by atoms with Crippen molar-refractivity contribution in [2.45, 2.75) is 52.7 Å². The smallest absolute Gasteiger partial charge is 0.399 e. The summed E-state index contributed by atoms with van der Waals surface area (Å²) in [5.41, 5.74) is 1.50. The summed E-state index contributed by atoms with van der Waals surface area (Å²) >= 11 is 0. The Balaban J connectivity index is 2.56. The van der Waals surface area contributed by atoms with E-state index in [1.807, 2.05) is 34.6 Å². The molecule has 4 nitrogen and oxygen atoms in total. The molecule has 1 aliphatic rings. The van der Waals surface area contributed by atoms with Crippen LogP contribution in [0.15, 0.2) is 12.1 Å². The Morgan fingerprint density at radius 1 is 1.14 bits per heavy atom. The number of Topliss-reactive ketones (excluding diaryl/α,β-unsaturated/α-hetero) is 1. The van der Waals surface area contributed by atoms with Gasteiger partial charge in [0.15, 0.2) is 5.78 Å². The second-order valence-electron chi connectivity index (χ2n) is 6.50. The van der Waals surface area contributed by atoms with E-state index in [0.717, 1.165) is 11.8 Å². The molecule has 0 N–H and O–H groups in total. The van der Waals surface area contributed by atoms with Crippen molar-refractivity contribution in [1.82, 2.24) is 0 Å². The third-order valence-electron chi connectivity index (χ3n) is 4.54. The van der Waals surface area contributed by atoms with Crippen LogP contribution in [0, 0.1) is 6.92 Å². The predicted octanol–water partition coefficient (Wildman–Crippen LogP) is 2.31. The summed E-state index contributed by atoms with van der Waals surface area (Å²) in [6.45, 7) is 11.2. The average Bonchev–Trinajstić information content (AvgIpc) is 2.56. The molecule has 1 aliphatic heterocycles. The summed E-state index contributed by atoms with van der Waals surface area (Å²) in [6.07, 6.45) is 0.775. The standard InChI is InChI=1S/C16H21BO4/c1-10-13(11(2)19)8-7-12(9-18)14(10)17-20-15(3,4)16(5,6)21-17/h7-9H,1-6H3. The molecule has 0 unspecified atom stereocenters. The fourth-order valence-corrected chi connectivity index (χ4v) is 2.51. The van der Waals surface area contributed by atoms with Crippen LogP contribution in [-0.4, -0.2) is 30.4 Å². The normalized spacial score (nSPS) is 19.6. The van der Waals surface area contributed by atoms with Crippen LogP contribution in [0.2, 0.25) is 0 Å². The van der Waals surface area contributed by atoms with Crippen LogP contribution in [0.5, 0.6) is 0 Å². The molecule has 1 fully saturated rings. The minimum Gasteiger partial charge on any atom is -0.399 e. The molecule has 1 heterocycles. The van der Waals surface area contributed by atoms with Crippen molar-refractivity contribution in [3.63, 3.8) is 0 Å². The lowest BCUT2D eigenvalue weighted by Gasteiger charge is -2.32. The van der Waals surface area contributed by atoms with Crippen molar-refractivity contribution in [2.24, 2.45) is 0 Å². The highest BCUT2D eigenvalue weighted by atomic mass is 16.7. The SMILES string of the molecule is CC(=O)c1ccc(C=O)c(B2OC(C)(C)C(C)(C)O2)c1C. The summed E-state index contributed by atoms with van der Waals surface area (Å²) in [5, 5.41) is 0. The van der Waals surface area contributed by atoms with E-state index in [2.05, 4.69) is 0 Å². The highest BCUT2D eigenvalue weighted by molar-refractivity contribution is 6.64. The Labute approximate surface area is 126 Å². The topological polar surface area (TPSA) is 52.6 Å². The molecule has 0 atom stereocenters. The first kappa shape index (κ1) is 15.9. The van der Waals surface area contributed by atoms with Gasteiger partial charge < -0.3 is 9.31 Å². The van der Waals surface area contributed by atoms with Crippen molar-refractivity contribution in [3.8, 4) is 0 Å². The number of aldehydes is 1. The van der Waals surface area contributed by atoms with Crippen LogP contribution in [-0.2, 0) is 9.31 Å². The Morgan fingerprint density at radius 2 is 1.67 bits per heavy atom. The van der Waals surface area contributed by atoms with Gasteiger partial charge in [0.25, 0.3) is 0 Å². The Bertz CT molecular complexity index is 589. The van der Waals surface area contributed by atoms with Gasteiger partial charge in [0.1, 0.15) is 6.29 Å². The molecule has 0 bridgehead atoms. The van der Waals surface area contributed by atoms with Gasteiger partial charge >= 0.3 is 7.12 Å². The van der Waals surface area contributed by atoms with Crippen molar-refractivity contribution >= 4 is 24.7 Å². The van der Waals surface area contributed by atoms with Crippen LogP contribution in [0.3, 0.4) is 0 Å². The Kier molecular flexibility index (Phi) is 3.85. The zero-order valence-corrected chi connectivity index (χ0v) is 13.4. The zero-order valence-electron chi connectivity index (χ0n) is 13.4. The molecule has 2 rings (SSSR count). The molecule has 0 aromatic heterocycles. The van der Waals surface area contributed by atoms with Gasteiger partial charge in [-0.1, -0.05) is 12.1 Å². The van der Waals surface area contributed by atoms with Gasteiger partial charge in [-0.05, 0) is 52.6 Å². The van der Waals surface area contributed by atoms with Gasteiger partial charge in [0.05, 0.1) is 11.2 Å². The van der Waals surface area contributed by atoms with E-state index >= 15 is 0 Å². The summed E-state index contributed by atoms with van der Waals surface area (Å²) in [4.78, 5) is 23.1. The van der Waals surface area contributed by atoms with E-state index in [1.54, 1.807) is 12.1 Å². The predicted molar refractivity (Wildman–Crippen MR) is 82.3 cm³/mol. The third-order valence-corrected chi connectivity index (χ3v) is 4.54. The molecule has 0 amide bonds. The van der Waals surface area contributed by atoms with Crippen molar-refractivity contribution in [2.75, 3.05) is 0 Å². The van der Waals surface area contributed by atoms with Gasteiger partial charge in [-0.25, -0.2) is 0 Å². The molecule has 1 aromatic rings. The van der Waals surface area contributed by atoms with Gasteiger partial charge in [0.2, 0.25) is 0 Å². The molecule has 0 aliphatic carbocycles. The Morgan fingerprint density at radius 3 is 2.10 bits per heavy atom. The van der Waals surface area contributed by atoms with Crippen LogP contribution in [0.25, 0.3) is 0 Å². The van der Waals surface area contributed by atoms with E-state index in [-0.39, 0.29) is 5.78 Å². The molecule has 1 saturated heterocycles.